The molecular formula is C19H27FO4. The number of alkyl halides is 1. The average molecular weight is 338 g/mol. The Morgan fingerprint density at radius 1 is 1.17 bits per heavy atom. The third-order valence-electron chi connectivity index (χ3n) is 8.01. The van der Waals surface area contributed by atoms with Gasteiger partial charge in [0.05, 0.1) is 18.3 Å². The first-order valence-electron chi connectivity index (χ1n) is 9.11. The van der Waals surface area contributed by atoms with Gasteiger partial charge in [-0.3, -0.25) is 4.79 Å². The predicted octanol–water partition coefficient (Wildman–Crippen LogP) is 1.91. The summed E-state index contributed by atoms with van der Waals surface area (Å²) < 4.78 is 16.6. The Morgan fingerprint density at radius 2 is 1.88 bits per heavy atom. The van der Waals surface area contributed by atoms with Gasteiger partial charge in [-0.1, -0.05) is 19.4 Å². The van der Waals surface area contributed by atoms with E-state index in [1.807, 2.05) is 13.8 Å². The molecule has 3 N–H and O–H groups in total. The number of hydrogen-bond acceptors (Lipinski definition) is 4. The van der Waals surface area contributed by atoms with E-state index in [1.165, 1.54) is 0 Å². The van der Waals surface area contributed by atoms with E-state index >= 15 is 4.39 Å². The summed E-state index contributed by atoms with van der Waals surface area (Å²) in [7, 11) is 0. The van der Waals surface area contributed by atoms with Crippen molar-refractivity contribution in [2.24, 2.45) is 22.7 Å². The highest BCUT2D eigenvalue weighted by molar-refractivity contribution is 5.91. The van der Waals surface area contributed by atoms with E-state index in [2.05, 4.69) is 0 Å². The van der Waals surface area contributed by atoms with Gasteiger partial charge < -0.3 is 15.3 Å². The van der Waals surface area contributed by atoms with E-state index in [4.69, 9.17) is 0 Å². The van der Waals surface area contributed by atoms with Crippen molar-refractivity contribution in [3.8, 4) is 0 Å². The van der Waals surface area contributed by atoms with Crippen molar-refractivity contribution in [2.75, 3.05) is 0 Å². The molecular weight excluding hydrogens is 311 g/mol. The molecule has 3 saturated carbocycles. The molecule has 3 fully saturated rings. The predicted molar refractivity (Wildman–Crippen MR) is 85.8 cm³/mol. The monoisotopic (exact) mass is 338 g/mol. The van der Waals surface area contributed by atoms with Gasteiger partial charge in [-0.25, -0.2) is 4.39 Å². The summed E-state index contributed by atoms with van der Waals surface area (Å²) in [6.07, 6.45) is 1.13. The van der Waals surface area contributed by atoms with Crippen LogP contribution in [0, 0.1) is 22.7 Å². The second-order valence-electron chi connectivity index (χ2n) is 8.96. The van der Waals surface area contributed by atoms with Gasteiger partial charge in [-0.15, -0.1) is 0 Å². The number of carbonyl (C=O) groups is 1. The molecule has 0 bridgehead atoms. The van der Waals surface area contributed by atoms with Crippen LogP contribution < -0.4 is 0 Å². The number of carbonyl (C=O) groups excluding carboxylic acids is 1. The Balaban J connectivity index is 1.81. The molecule has 4 aliphatic rings. The molecule has 0 unspecified atom stereocenters. The second-order valence-corrected chi connectivity index (χ2v) is 8.96. The summed E-state index contributed by atoms with van der Waals surface area (Å²) in [6.45, 7) is 3.73. The van der Waals surface area contributed by atoms with Gasteiger partial charge in [0.1, 0.15) is 5.67 Å². The van der Waals surface area contributed by atoms with Crippen molar-refractivity contribution in [2.45, 2.75) is 76.4 Å². The van der Waals surface area contributed by atoms with Crippen LogP contribution >= 0.6 is 0 Å². The standard InChI is InChI=1S/C19H27FO4/c1-17-9-15(23)19(20)12(13(17)8-14(22)16(17)24)4-3-10-7-11(21)5-6-18(10,19)2/h7,12-16,22-24H,3-6,8-9H2,1-2H3/t12-,13-,14+,15-,16+,17-,18-,19-/m0/s1. The molecule has 0 amide bonds. The van der Waals surface area contributed by atoms with Crippen molar-refractivity contribution in [3.63, 3.8) is 0 Å². The van der Waals surface area contributed by atoms with E-state index < -0.39 is 40.7 Å². The third kappa shape index (κ3) is 1.76. The topological polar surface area (TPSA) is 77.8 Å². The molecule has 24 heavy (non-hydrogen) atoms. The lowest BCUT2D eigenvalue weighted by Crippen LogP contribution is -2.67. The highest BCUT2D eigenvalue weighted by atomic mass is 19.1. The van der Waals surface area contributed by atoms with Crippen molar-refractivity contribution >= 4 is 5.78 Å². The summed E-state index contributed by atoms with van der Waals surface area (Å²) in [5, 5.41) is 31.5. The first kappa shape index (κ1) is 16.7. The first-order chi connectivity index (χ1) is 11.1. The van der Waals surface area contributed by atoms with Gasteiger partial charge in [-0.05, 0) is 44.1 Å². The summed E-state index contributed by atoms with van der Waals surface area (Å²) in [5.41, 5.74) is -2.45. The van der Waals surface area contributed by atoms with E-state index in [0.29, 0.717) is 32.1 Å². The van der Waals surface area contributed by atoms with Gasteiger partial charge in [0.2, 0.25) is 0 Å². The number of aliphatic hydroxyl groups is 3. The number of aliphatic hydroxyl groups excluding tert-OH is 3. The lowest BCUT2D eigenvalue weighted by molar-refractivity contribution is -0.213. The minimum absolute atomic E-state index is 0.0476. The molecule has 0 heterocycles. The Morgan fingerprint density at radius 3 is 2.58 bits per heavy atom. The molecule has 0 saturated heterocycles. The number of ketones is 1. The molecule has 0 aromatic rings. The van der Waals surface area contributed by atoms with Gasteiger partial charge >= 0.3 is 0 Å². The molecule has 0 spiro atoms. The maximum Gasteiger partial charge on any atom is 0.155 e. The van der Waals surface area contributed by atoms with Crippen LogP contribution in [0.4, 0.5) is 4.39 Å². The van der Waals surface area contributed by atoms with Crippen molar-refractivity contribution in [1.29, 1.82) is 0 Å². The largest absolute Gasteiger partial charge is 0.390 e. The number of halogens is 1. The van der Waals surface area contributed by atoms with Crippen LogP contribution in [0.5, 0.6) is 0 Å². The molecule has 5 heteroatoms. The molecule has 134 valence electrons. The highest BCUT2D eigenvalue weighted by Crippen LogP contribution is 2.68. The van der Waals surface area contributed by atoms with Crippen LogP contribution in [0.1, 0.15) is 52.4 Å². The molecule has 0 aromatic heterocycles. The molecule has 0 radical (unpaired) electrons. The Bertz CT molecular complexity index is 618. The van der Waals surface area contributed by atoms with Crippen LogP contribution in [-0.2, 0) is 4.79 Å². The van der Waals surface area contributed by atoms with Crippen LogP contribution in [0.2, 0.25) is 0 Å². The molecule has 8 atom stereocenters. The number of allylic oxidation sites excluding steroid dienone is 1. The van der Waals surface area contributed by atoms with Gasteiger partial charge in [-0.2, -0.15) is 0 Å². The lowest BCUT2D eigenvalue weighted by atomic mass is 9.45. The van der Waals surface area contributed by atoms with Crippen molar-refractivity contribution in [1.82, 2.24) is 0 Å². The van der Waals surface area contributed by atoms with Crippen LogP contribution in [0.3, 0.4) is 0 Å². The molecule has 0 aromatic carbocycles. The maximum absolute atomic E-state index is 16.6. The molecule has 4 aliphatic carbocycles. The summed E-state index contributed by atoms with van der Waals surface area (Å²) in [5.74, 6) is -0.494. The Labute approximate surface area is 141 Å². The fourth-order valence-electron chi connectivity index (χ4n) is 6.56. The van der Waals surface area contributed by atoms with Crippen molar-refractivity contribution < 1.29 is 24.5 Å². The first-order valence-corrected chi connectivity index (χ1v) is 9.11. The molecule has 4 nitrogen and oxygen atoms in total. The van der Waals surface area contributed by atoms with Crippen molar-refractivity contribution in [3.05, 3.63) is 11.6 Å². The zero-order chi connectivity index (χ0) is 17.5. The average Bonchev–Trinajstić information content (AvgIpc) is 2.74. The maximum atomic E-state index is 16.6. The second kappa shape index (κ2) is 4.89. The summed E-state index contributed by atoms with van der Waals surface area (Å²) >= 11 is 0. The van der Waals surface area contributed by atoms with E-state index in [1.54, 1.807) is 6.08 Å². The lowest BCUT2D eigenvalue weighted by Gasteiger charge is -2.62. The minimum Gasteiger partial charge on any atom is -0.390 e. The van der Waals surface area contributed by atoms with Gasteiger partial charge in [0.25, 0.3) is 0 Å². The van der Waals surface area contributed by atoms with Crippen LogP contribution in [-0.4, -0.2) is 45.1 Å². The fourth-order valence-corrected chi connectivity index (χ4v) is 6.56. The Hall–Kier alpha value is -0.780. The third-order valence-corrected chi connectivity index (χ3v) is 8.01. The van der Waals surface area contributed by atoms with E-state index in [-0.39, 0.29) is 18.1 Å². The smallest absolute Gasteiger partial charge is 0.155 e. The SMILES string of the molecule is C[C@]12C[C@H](O)[C@@]3(F)[C@@H](CCC4=CC(=O)CC[C@@]43C)[C@@H]1C[C@@H](O)[C@H]2O. The number of rotatable bonds is 0. The normalized spacial score (nSPS) is 57.0. The number of fused-ring (bicyclic) bond motifs is 5. The quantitative estimate of drug-likeness (QED) is 0.630. The van der Waals surface area contributed by atoms with Gasteiger partial charge in [0, 0.05) is 23.2 Å². The summed E-state index contributed by atoms with van der Waals surface area (Å²) in [4.78, 5) is 11.8. The van der Waals surface area contributed by atoms with Gasteiger partial charge in [0.15, 0.2) is 5.78 Å². The molecule has 0 aliphatic heterocycles. The van der Waals surface area contributed by atoms with Crippen LogP contribution in [0.25, 0.3) is 0 Å². The summed E-state index contributed by atoms with van der Waals surface area (Å²) in [6, 6.07) is 0. The van der Waals surface area contributed by atoms with E-state index in [9.17, 15) is 20.1 Å². The van der Waals surface area contributed by atoms with Crippen LogP contribution in [0.15, 0.2) is 11.6 Å². The zero-order valence-corrected chi connectivity index (χ0v) is 14.3. The minimum atomic E-state index is -1.80. The zero-order valence-electron chi connectivity index (χ0n) is 14.3. The Kier molecular flexibility index (Phi) is 3.40. The fraction of sp³-hybridized carbons (Fsp3) is 0.842. The molecule has 4 rings (SSSR count). The highest BCUT2D eigenvalue weighted by Gasteiger charge is 2.71. The van der Waals surface area contributed by atoms with E-state index in [0.717, 1.165) is 5.57 Å². The number of hydrogen-bond donors (Lipinski definition) is 3.